The number of benzene rings is 1. The average molecular weight is 368 g/mol. The molecule has 0 saturated heterocycles. The molecule has 0 unspecified atom stereocenters. The molecule has 0 radical (unpaired) electrons. The number of rotatable bonds is 5. The summed E-state index contributed by atoms with van der Waals surface area (Å²) >= 11 is 0. The van der Waals surface area contributed by atoms with Crippen molar-refractivity contribution in [2.24, 2.45) is 0 Å². The number of pyridine rings is 1. The normalized spacial score (nSPS) is 21.9. The molecule has 0 bridgehead atoms. The summed E-state index contributed by atoms with van der Waals surface area (Å²) in [6.07, 6.45) is 0.878. The van der Waals surface area contributed by atoms with Crippen molar-refractivity contribution in [3.05, 3.63) is 65.1 Å². The largest absolute Gasteiger partial charge is 0.388 e. The van der Waals surface area contributed by atoms with Crippen LogP contribution in [0.25, 0.3) is 5.65 Å². The lowest BCUT2D eigenvalue weighted by Gasteiger charge is -2.37. The van der Waals surface area contributed by atoms with Crippen molar-refractivity contribution in [1.82, 2.24) is 4.98 Å². The maximum absolute atomic E-state index is 11.1. The number of nitrogens with zero attached hydrogens (tertiary/aromatic N) is 1. The zero-order chi connectivity index (χ0) is 19.0. The van der Waals surface area contributed by atoms with E-state index in [1.165, 1.54) is 0 Å². The first-order valence-electron chi connectivity index (χ1n) is 9.25. The Labute approximate surface area is 158 Å². The number of ether oxygens (including phenoxy) is 2. The molecule has 0 amide bonds. The Morgan fingerprint density at radius 1 is 1.11 bits per heavy atom. The van der Waals surface area contributed by atoms with E-state index >= 15 is 0 Å². The summed E-state index contributed by atoms with van der Waals surface area (Å²) in [5, 5.41) is 14.7. The fourth-order valence-electron chi connectivity index (χ4n) is 3.80. The van der Waals surface area contributed by atoms with Gasteiger partial charge < -0.3 is 19.9 Å². The van der Waals surface area contributed by atoms with Gasteiger partial charge in [0.05, 0.1) is 25.5 Å². The van der Waals surface area contributed by atoms with Gasteiger partial charge >= 0.3 is 5.65 Å². The molecule has 4 rings (SSSR count). The number of aromatic amines is 1. The number of aliphatic hydroxyl groups excluding tert-OH is 1. The number of methoxy groups -OCH3 is 1. The van der Waals surface area contributed by atoms with Crippen LogP contribution in [0.3, 0.4) is 0 Å². The van der Waals surface area contributed by atoms with Gasteiger partial charge in [-0.3, -0.25) is 0 Å². The number of H-pyrrole nitrogens is 1. The summed E-state index contributed by atoms with van der Waals surface area (Å²) in [4.78, 5) is 3.47. The minimum atomic E-state index is -0.712. The molecule has 0 aliphatic carbocycles. The van der Waals surface area contributed by atoms with Crippen LogP contribution in [0.4, 0.5) is 5.69 Å². The first-order valence-corrected chi connectivity index (χ1v) is 9.25. The molecule has 6 heteroatoms. The van der Waals surface area contributed by atoms with E-state index in [2.05, 4.69) is 28.5 Å². The molecule has 6 nitrogen and oxygen atoms in total. The number of hydrogen-bond donors (Lipinski definition) is 3. The Hall–Kier alpha value is -2.41. The highest BCUT2D eigenvalue weighted by Crippen LogP contribution is 2.42. The second-order valence-electron chi connectivity index (χ2n) is 7.01. The first-order chi connectivity index (χ1) is 13.1. The number of fused-ring (bicyclic) bond motifs is 3. The zero-order valence-corrected chi connectivity index (χ0v) is 15.9. The number of aromatic nitrogens is 2. The van der Waals surface area contributed by atoms with Crippen LogP contribution in [-0.4, -0.2) is 36.5 Å². The molecule has 142 valence electrons. The average Bonchev–Trinajstić information content (AvgIpc) is 2.98. The molecule has 1 aliphatic rings. The lowest BCUT2D eigenvalue weighted by atomic mass is 9.89. The molecular formula is C21H26N3O3+. The van der Waals surface area contributed by atoms with Crippen LogP contribution in [-0.2, 0) is 9.47 Å². The minimum Gasteiger partial charge on any atom is -0.388 e. The molecule has 27 heavy (non-hydrogen) atoms. The standard InChI is InChI=1S/C21H25N3O3/c1-13-14(2)24-10-9-16-18(21(24)22-13)23-17(15-7-5-4-6-8-15)19(25)20(16)27-12-11-26-3/h4-10,17,19-20,23,25H,11-12H2,1-3H3/p+1/t17-,19-,20-/m1/s1. The van der Waals surface area contributed by atoms with Crippen LogP contribution < -0.4 is 9.72 Å². The quantitative estimate of drug-likeness (QED) is 0.478. The van der Waals surface area contributed by atoms with Crippen LogP contribution in [0.5, 0.6) is 0 Å². The van der Waals surface area contributed by atoms with Gasteiger partial charge in [-0.15, -0.1) is 0 Å². The second-order valence-corrected chi connectivity index (χ2v) is 7.01. The van der Waals surface area contributed by atoms with Crippen molar-refractivity contribution in [3.63, 3.8) is 0 Å². The third kappa shape index (κ3) is 3.10. The van der Waals surface area contributed by atoms with Crippen molar-refractivity contribution >= 4 is 11.3 Å². The topological polar surface area (TPSA) is 70.6 Å². The highest BCUT2D eigenvalue weighted by molar-refractivity contribution is 5.71. The number of hydrogen-bond acceptors (Lipinski definition) is 4. The molecule has 0 fully saturated rings. The summed E-state index contributed by atoms with van der Waals surface area (Å²) in [5.41, 5.74) is 6.20. The molecule has 1 aliphatic heterocycles. The molecular weight excluding hydrogens is 342 g/mol. The van der Waals surface area contributed by atoms with E-state index in [4.69, 9.17) is 9.47 Å². The van der Waals surface area contributed by atoms with Crippen molar-refractivity contribution in [2.75, 3.05) is 25.6 Å². The van der Waals surface area contributed by atoms with Gasteiger partial charge in [-0.2, -0.15) is 4.40 Å². The van der Waals surface area contributed by atoms with E-state index in [-0.39, 0.29) is 6.04 Å². The van der Waals surface area contributed by atoms with Crippen LogP contribution in [0.15, 0.2) is 42.6 Å². The van der Waals surface area contributed by atoms with Crippen molar-refractivity contribution < 1.29 is 19.0 Å². The van der Waals surface area contributed by atoms with Crippen LogP contribution in [0, 0.1) is 13.8 Å². The van der Waals surface area contributed by atoms with Crippen LogP contribution in [0.1, 0.15) is 34.7 Å². The van der Waals surface area contributed by atoms with Gasteiger partial charge in [-0.1, -0.05) is 30.3 Å². The van der Waals surface area contributed by atoms with Gasteiger partial charge in [-0.05, 0) is 11.6 Å². The number of anilines is 1. The monoisotopic (exact) mass is 368 g/mol. The van der Waals surface area contributed by atoms with Crippen molar-refractivity contribution in [1.29, 1.82) is 0 Å². The molecule has 0 spiro atoms. The zero-order valence-electron chi connectivity index (χ0n) is 15.9. The third-order valence-corrected chi connectivity index (χ3v) is 5.38. The summed E-state index contributed by atoms with van der Waals surface area (Å²) in [5.74, 6) is 0. The fourth-order valence-corrected chi connectivity index (χ4v) is 3.80. The van der Waals surface area contributed by atoms with E-state index < -0.39 is 12.2 Å². The van der Waals surface area contributed by atoms with Crippen molar-refractivity contribution in [3.8, 4) is 0 Å². The van der Waals surface area contributed by atoms with Crippen LogP contribution in [0.2, 0.25) is 0 Å². The second kappa shape index (κ2) is 7.31. The highest BCUT2D eigenvalue weighted by atomic mass is 16.5. The van der Waals surface area contributed by atoms with E-state index in [1.54, 1.807) is 7.11 Å². The lowest BCUT2D eigenvalue weighted by Crippen LogP contribution is -2.39. The van der Waals surface area contributed by atoms with Gasteiger partial charge in [0.1, 0.15) is 29.3 Å². The fraction of sp³-hybridized carbons (Fsp3) is 0.381. The molecule has 3 aromatic rings. The Bertz CT molecular complexity index is 939. The van der Waals surface area contributed by atoms with Gasteiger partial charge in [0.25, 0.3) is 0 Å². The Morgan fingerprint density at radius 3 is 2.63 bits per heavy atom. The number of nitrogens with one attached hydrogen (secondary N) is 2. The van der Waals surface area contributed by atoms with Crippen LogP contribution >= 0.6 is 0 Å². The number of aryl methyl sites for hydroxylation is 2. The van der Waals surface area contributed by atoms with Crippen molar-refractivity contribution in [2.45, 2.75) is 32.1 Å². The molecule has 3 atom stereocenters. The van der Waals surface area contributed by atoms with E-state index in [0.29, 0.717) is 13.2 Å². The first kappa shape index (κ1) is 18.0. The maximum Gasteiger partial charge on any atom is 0.308 e. The summed E-state index contributed by atoms with van der Waals surface area (Å²) in [6, 6.07) is 11.8. The molecule has 1 aromatic carbocycles. The number of imidazole rings is 1. The van der Waals surface area contributed by atoms with Gasteiger partial charge in [0.15, 0.2) is 0 Å². The van der Waals surface area contributed by atoms with Gasteiger partial charge in [-0.25, -0.2) is 4.98 Å². The van der Waals surface area contributed by atoms with E-state index in [0.717, 1.165) is 33.8 Å². The van der Waals surface area contributed by atoms with E-state index in [1.807, 2.05) is 42.6 Å². The summed E-state index contributed by atoms with van der Waals surface area (Å²) in [6.45, 7) is 5.06. The third-order valence-electron chi connectivity index (χ3n) is 5.38. The van der Waals surface area contributed by atoms with Gasteiger partial charge in [0, 0.05) is 26.5 Å². The van der Waals surface area contributed by atoms with Gasteiger partial charge in [0.2, 0.25) is 0 Å². The minimum absolute atomic E-state index is 0.263. The Kier molecular flexibility index (Phi) is 4.86. The molecule has 3 N–H and O–H groups in total. The predicted octanol–water partition coefficient (Wildman–Crippen LogP) is 2.60. The molecule has 0 saturated carbocycles. The Balaban J connectivity index is 1.82. The lowest BCUT2D eigenvalue weighted by molar-refractivity contribution is -0.517. The number of aliphatic hydroxyl groups is 1. The SMILES string of the molecule is COCCO[C@@H]1c2cc[n+]3c(C)c(C)[nH]c3c2N[C@H](c2ccccc2)[C@H]1O. The molecule has 2 aromatic heterocycles. The van der Waals surface area contributed by atoms with E-state index in [9.17, 15) is 5.11 Å². The Morgan fingerprint density at radius 2 is 1.89 bits per heavy atom. The summed E-state index contributed by atoms with van der Waals surface area (Å²) in [7, 11) is 1.65. The predicted molar refractivity (Wildman–Crippen MR) is 103 cm³/mol. The maximum atomic E-state index is 11.1. The highest BCUT2D eigenvalue weighted by Gasteiger charge is 2.39. The summed E-state index contributed by atoms with van der Waals surface area (Å²) < 4.78 is 13.3. The molecule has 3 heterocycles. The smallest absolute Gasteiger partial charge is 0.308 e.